The molecule has 1 saturated heterocycles. The molecule has 0 unspecified atom stereocenters. The first kappa shape index (κ1) is 15.2. The van der Waals surface area contributed by atoms with E-state index in [1.54, 1.807) is 0 Å². The maximum absolute atomic E-state index is 13.6. The van der Waals surface area contributed by atoms with E-state index in [0.717, 1.165) is 22.9 Å². The Kier molecular flexibility index (Phi) is 4.87. The predicted octanol–water partition coefficient (Wildman–Crippen LogP) is 2.86. The van der Waals surface area contributed by atoms with Crippen LogP contribution in [0, 0.1) is 0 Å². The van der Waals surface area contributed by atoms with Crippen LogP contribution in [0.3, 0.4) is 0 Å². The molecule has 0 radical (unpaired) electrons. The van der Waals surface area contributed by atoms with Crippen LogP contribution >= 0.6 is 0 Å². The zero-order valence-electron chi connectivity index (χ0n) is 12.4. The summed E-state index contributed by atoms with van der Waals surface area (Å²) >= 11 is 0. The van der Waals surface area contributed by atoms with Crippen LogP contribution in [0.2, 0.25) is 0 Å². The number of rotatable bonds is 4. The molecule has 4 nitrogen and oxygen atoms in total. The Bertz CT molecular complexity index is 658. The Hall–Kier alpha value is -1.69. The highest BCUT2D eigenvalue weighted by molar-refractivity contribution is 7.93. The highest BCUT2D eigenvalue weighted by Crippen LogP contribution is 2.23. The second-order valence-electron chi connectivity index (χ2n) is 5.15. The lowest BCUT2D eigenvalue weighted by Crippen LogP contribution is -2.36. The van der Waals surface area contributed by atoms with E-state index in [1.807, 2.05) is 60.7 Å². The molecular weight excluding hydrogens is 296 g/mol. The Morgan fingerprint density at radius 2 is 1.41 bits per heavy atom. The molecule has 1 fully saturated rings. The van der Waals surface area contributed by atoms with Gasteiger partial charge in [0.05, 0.1) is 23.0 Å². The lowest BCUT2D eigenvalue weighted by Gasteiger charge is -2.25. The fourth-order valence-corrected chi connectivity index (χ4v) is 4.35. The summed E-state index contributed by atoms with van der Waals surface area (Å²) in [4.78, 5) is 3.69. The Labute approximate surface area is 131 Å². The van der Waals surface area contributed by atoms with Crippen molar-refractivity contribution in [3.63, 3.8) is 0 Å². The highest BCUT2D eigenvalue weighted by atomic mass is 32.2. The Morgan fingerprint density at radius 1 is 0.909 bits per heavy atom. The number of morpholine rings is 1. The molecule has 0 spiro atoms. The van der Waals surface area contributed by atoms with E-state index in [9.17, 15) is 4.21 Å². The summed E-state index contributed by atoms with van der Waals surface area (Å²) < 4.78 is 23.6. The van der Waals surface area contributed by atoms with Crippen molar-refractivity contribution in [1.29, 1.82) is 0 Å². The van der Waals surface area contributed by atoms with Gasteiger partial charge in [-0.3, -0.25) is 4.90 Å². The first-order chi connectivity index (χ1) is 10.8. The van der Waals surface area contributed by atoms with Crippen LogP contribution in [-0.2, 0) is 14.5 Å². The maximum atomic E-state index is 13.6. The standard InChI is InChI=1S/C17H20N2O2S/c20-22(16-7-3-1-4-8-16,17-9-5-2-6-10-17)18-15-19-11-13-21-14-12-19/h1-10H,11-15H2. The largest absolute Gasteiger partial charge is 0.379 e. The minimum absolute atomic E-state index is 0.464. The van der Waals surface area contributed by atoms with E-state index in [0.29, 0.717) is 19.9 Å². The first-order valence-corrected chi connectivity index (χ1v) is 8.94. The zero-order valence-corrected chi connectivity index (χ0v) is 13.2. The normalized spacial score (nSPS) is 16.4. The molecule has 0 atom stereocenters. The minimum atomic E-state index is -2.60. The van der Waals surface area contributed by atoms with Crippen molar-refractivity contribution >= 4 is 9.73 Å². The molecule has 2 aromatic carbocycles. The molecule has 2 aromatic rings. The third-order valence-electron chi connectivity index (χ3n) is 3.67. The highest BCUT2D eigenvalue weighted by Gasteiger charge is 2.17. The lowest BCUT2D eigenvalue weighted by molar-refractivity contribution is 0.0396. The van der Waals surface area contributed by atoms with Crippen molar-refractivity contribution in [2.45, 2.75) is 9.79 Å². The van der Waals surface area contributed by atoms with Gasteiger partial charge >= 0.3 is 0 Å². The minimum Gasteiger partial charge on any atom is -0.379 e. The average molecular weight is 316 g/mol. The lowest BCUT2D eigenvalue weighted by atomic mass is 10.4. The van der Waals surface area contributed by atoms with Crippen molar-refractivity contribution in [3.05, 3.63) is 60.7 Å². The van der Waals surface area contributed by atoms with E-state index in [1.165, 1.54) is 0 Å². The molecule has 1 aliphatic heterocycles. The van der Waals surface area contributed by atoms with E-state index in [4.69, 9.17) is 4.74 Å². The van der Waals surface area contributed by atoms with Crippen LogP contribution in [0.25, 0.3) is 0 Å². The van der Waals surface area contributed by atoms with Gasteiger partial charge in [0.25, 0.3) is 0 Å². The molecule has 0 aromatic heterocycles. The first-order valence-electron chi connectivity index (χ1n) is 7.42. The van der Waals surface area contributed by atoms with Crippen LogP contribution in [-0.4, -0.2) is 42.1 Å². The summed E-state index contributed by atoms with van der Waals surface area (Å²) in [5.74, 6) is 0. The molecule has 1 aliphatic rings. The molecule has 5 heteroatoms. The molecule has 0 N–H and O–H groups in total. The van der Waals surface area contributed by atoms with Gasteiger partial charge in [-0.15, -0.1) is 0 Å². The summed E-state index contributed by atoms with van der Waals surface area (Å²) in [7, 11) is -2.60. The van der Waals surface area contributed by atoms with Crippen molar-refractivity contribution in [2.75, 3.05) is 33.0 Å². The Balaban J connectivity index is 1.98. The van der Waals surface area contributed by atoms with Gasteiger partial charge in [-0.05, 0) is 24.3 Å². The Morgan fingerprint density at radius 3 is 1.91 bits per heavy atom. The van der Waals surface area contributed by atoms with Crippen LogP contribution in [0.15, 0.2) is 74.8 Å². The van der Waals surface area contributed by atoms with Crippen molar-refractivity contribution in [2.24, 2.45) is 4.36 Å². The van der Waals surface area contributed by atoms with Crippen LogP contribution < -0.4 is 0 Å². The van der Waals surface area contributed by atoms with Gasteiger partial charge < -0.3 is 4.74 Å². The number of hydrogen-bond acceptors (Lipinski definition) is 4. The third kappa shape index (κ3) is 3.38. The van der Waals surface area contributed by atoms with Crippen LogP contribution in [0.4, 0.5) is 0 Å². The fourth-order valence-electron chi connectivity index (χ4n) is 2.40. The topological polar surface area (TPSA) is 41.9 Å². The van der Waals surface area contributed by atoms with Gasteiger partial charge in [-0.1, -0.05) is 36.4 Å². The second kappa shape index (κ2) is 7.05. The summed E-state index contributed by atoms with van der Waals surface area (Å²) in [6.07, 6.45) is 0. The predicted molar refractivity (Wildman–Crippen MR) is 87.2 cm³/mol. The van der Waals surface area contributed by atoms with Gasteiger partial charge in [-0.2, -0.15) is 0 Å². The SMILES string of the molecule is O=S(=NCN1CCOCC1)(c1ccccc1)c1ccccc1. The second-order valence-corrected chi connectivity index (χ2v) is 7.41. The van der Waals surface area contributed by atoms with Gasteiger partial charge in [0.15, 0.2) is 0 Å². The monoisotopic (exact) mass is 316 g/mol. The van der Waals surface area contributed by atoms with Gasteiger partial charge in [0.2, 0.25) is 0 Å². The fraction of sp³-hybridized carbons (Fsp3) is 0.294. The molecule has 0 amide bonds. The summed E-state index contributed by atoms with van der Waals surface area (Å²) in [5, 5.41) is 0. The molecule has 0 aliphatic carbocycles. The summed E-state index contributed by atoms with van der Waals surface area (Å²) in [6, 6.07) is 19.0. The number of hydrogen-bond donors (Lipinski definition) is 0. The molecule has 0 bridgehead atoms. The number of benzene rings is 2. The molecule has 22 heavy (non-hydrogen) atoms. The van der Waals surface area contributed by atoms with Gasteiger partial charge in [-0.25, -0.2) is 8.57 Å². The molecule has 0 saturated carbocycles. The van der Waals surface area contributed by atoms with Crippen LogP contribution in [0.5, 0.6) is 0 Å². The smallest absolute Gasteiger partial charge is 0.105 e. The molecular formula is C17H20N2O2S. The quantitative estimate of drug-likeness (QED) is 0.871. The van der Waals surface area contributed by atoms with Crippen molar-refractivity contribution < 1.29 is 8.95 Å². The molecule has 3 rings (SSSR count). The van der Waals surface area contributed by atoms with E-state index < -0.39 is 9.73 Å². The number of ether oxygens (including phenoxy) is 1. The van der Waals surface area contributed by atoms with Crippen molar-refractivity contribution in [3.8, 4) is 0 Å². The summed E-state index contributed by atoms with van der Waals surface area (Å²) in [5.41, 5.74) is 0. The van der Waals surface area contributed by atoms with E-state index in [-0.39, 0.29) is 0 Å². The zero-order chi connectivity index (χ0) is 15.3. The maximum Gasteiger partial charge on any atom is 0.105 e. The average Bonchev–Trinajstić information content (AvgIpc) is 2.62. The number of nitrogens with zero attached hydrogens (tertiary/aromatic N) is 2. The molecule has 116 valence electrons. The van der Waals surface area contributed by atoms with E-state index >= 15 is 0 Å². The van der Waals surface area contributed by atoms with Crippen LogP contribution in [0.1, 0.15) is 0 Å². The van der Waals surface area contributed by atoms with Gasteiger partial charge in [0.1, 0.15) is 16.4 Å². The summed E-state index contributed by atoms with van der Waals surface area (Å²) in [6.45, 7) is 3.57. The van der Waals surface area contributed by atoms with Crippen molar-refractivity contribution in [1.82, 2.24) is 4.90 Å². The van der Waals surface area contributed by atoms with Gasteiger partial charge in [0, 0.05) is 13.1 Å². The van der Waals surface area contributed by atoms with E-state index in [2.05, 4.69) is 9.26 Å². The third-order valence-corrected chi connectivity index (χ3v) is 5.97. The molecule has 1 heterocycles.